The molecule has 1 fully saturated rings. The summed E-state index contributed by atoms with van der Waals surface area (Å²) in [6.07, 6.45) is 3.26. The summed E-state index contributed by atoms with van der Waals surface area (Å²) in [5.74, 6) is 1.78. The minimum Gasteiger partial charge on any atom is -0.381 e. The molecule has 1 unspecified atom stereocenters. The molecule has 1 aliphatic heterocycles. The van der Waals surface area contributed by atoms with Crippen LogP contribution in [0.5, 0.6) is 0 Å². The van der Waals surface area contributed by atoms with E-state index in [-0.39, 0.29) is 0 Å². The van der Waals surface area contributed by atoms with Crippen LogP contribution in [0.3, 0.4) is 0 Å². The summed E-state index contributed by atoms with van der Waals surface area (Å²) in [6.45, 7) is 4.14. The van der Waals surface area contributed by atoms with Crippen LogP contribution >= 0.6 is 0 Å². The first-order chi connectivity index (χ1) is 9.20. The van der Waals surface area contributed by atoms with Gasteiger partial charge in [-0.15, -0.1) is 0 Å². The standard InChI is InChI=1S/C13H23N3O3/c1-10(9-14)3-4-11-15-12(16-19-11)13(17-2)5-7-18-8-6-13/h10H,3-9,14H2,1-2H3. The highest BCUT2D eigenvalue weighted by Gasteiger charge is 2.39. The molecule has 108 valence electrons. The molecule has 0 bridgehead atoms. The Bertz CT molecular complexity index is 388. The van der Waals surface area contributed by atoms with Gasteiger partial charge in [-0.1, -0.05) is 12.1 Å². The van der Waals surface area contributed by atoms with Gasteiger partial charge in [0.2, 0.25) is 11.7 Å². The monoisotopic (exact) mass is 269 g/mol. The maximum absolute atomic E-state index is 5.64. The average molecular weight is 269 g/mol. The molecule has 1 atom stereocenters. The Morgan fingerprint density at radius 1 is 1.42 bits per heavy atom. The van der Waals surface area contributed by atoms with Crippen molar-refractivity contribution >= 4 is 0 Å². The minimum atomic E-state index is -0.445. The first kappa shape index (κ1) is 14.4. The van der Waals surface area contributed by atoms with E-state index < -0.39 is 5.60 Å². The van der Waals surface area contributed by atoms with Gasteiger partial charge in [0.05, 0.1) is 0 Å². The zero-order valence-electron chi connectivity index (χ0n) is 11.7. The fourth-order valence-electron chi connectivity index (χ4n) is 2.25. The van der Waals surface area contributed by atoms with Crippen LogP contribution in [0.2, 0.25) is 0 Å². The summed E-state index contributed by atoms with van der Waals surface area (Å²) in [6, 6.07) is 0. The second-order valence-electron chi connectivity index (χ2n) is 5.20. The largest absolute Gasteiger partial charge is 0.381 e. The maximum Gasteiger partial charge on any atom is 0.226 e. The summed E-state index contributed by atoms with van der Waals surface area (Å²) < 4.78 is 16.3. The molecule has 19 heavy (non-hydrogen) atoms. The normalized spacial score (nSPS) is 20.4. The lowest BCUT2D eigenvalue weighted by molar-refractivity contribution is -0.101. The number of aromatic nitrogens is 2. The smallest absolute Gasteiger partial charge is 0.226 e. The van der Waals surface area contributed by atoms with Gasteiger partial charge in [-0.05, 0) is 18.9 Å². The number of aryl methyl sites for hydroxylation is 1. The number of hydrogen-bond acceptors (Lipinski definition) is 6. The summed E-state index contributed by atoms with van der Waals surface area (Å²) >= 11 is 0. The van der Waals surface area contributed by atoms with Crippen LogP contribution in [0.15, 0.2) is 4.52 Å². The van der Waals surface area contributed by atoms with Crippen molar-refractivity contribution in [3.05, 3.63) is 11.7 Å². The molecule has 6 heteroatoms. The lowest BCUT2D eigenvalue weighted by Gasteiger charge is -2.32. The predicted molar refractivity (Wildman–Crippen MR) is 69.6 cm³/mol. The van der Waals surface area contributed by atoms with E-state index >= 15 is 0 Å². The fourth-order valence-corrected chi connectivity index (χ4v) is 2.25. The van der Waals surface area contributed by atoms with Crippen molar-refractivity contribution < 1.29 is 14.0 Å². The molecule has 0 aliphatic carbocycles. The Hall–Kier alpha value is -0.980. The molecule has 0 saturated carbocycles. The van der Waals surface area contributed by atoms with Crippen molar-refractivity contribution in [2.45, 2.75) is 38.2 Å². The third-order valence-electron chi connectivity index (χ3n) is 3.82. The molecule has 2 rings (SSSR count). The molecule has 0 amide bonds. The summed E-state index contributed by atoms with van der Waals surface area (Å²) in [4.78, 5) is 4.48. The van der Waals surface area contributed by atoms with Gasteiger partial charge in [-0.3, -0.25) is 0 Å². The fraction of sp³-hybridized carbons (Fsp3) is 0.846. The summed E-state index contributed by atoms with van der Waals surface area (Å²) in [5.41, 5.74) is 5.16. The molecule has 1 aromatic rings. The molecule has 0 radical (unpaired) electrons. The Morgan fingerprint density at radius 2 is 2.16 bits per heavy atom. The van der Waals surface area contributed by atoms with E-state index in [0.29, 0.717) is 37.4 Å². The Balaban J connectivity index is 2.02. The van der Waals surface area contributed by atoms with E-state index in [0.717, 1.165) is 25.7 Å². The predicted octanol–water partition coefficient (Wildman–Crippen LogP) is 1.25. The summed E-state index contributed by atoms with van der Waals surface area (Å²) in [5, 5.41) is 4.09. The molecule has 6 nitrogen and oxygen atoms in total. The highest BCUT2D eigenvalue weighted by atomic mass is 16.5. The number of nitrogens with two attached hydrogens (primary N) is 1. The van der Waals surface area contributed by atoms with Crippen molar-refractivity contribution in [3.63, 3.8) is 0 Å². The van der Waals surface area contributed by atoms with Gasteiger partial charge in [0.1, 0.15) is 5.60 Å². The quantitative estimate of drug-likeness (QED) is 0.836. The van der Waals surface area contributed by atoms with E-state index in [1.54, 1.807) is 7.11 Å². The van der Waals surface area contributed by atoms with Crippen molar-refractivity contribution in [1.82, 2.24) is 10.1 Å². The number of nitrogens with zero attached hydrogens (tertiary/aromatic N) is 2. The van der Waals surface area contributed by atoms with Gasteiger partial charge in [-0.25, -0.2) is 0 Å². The molecule has 2 heterocycles. The van der Waals surface area contributed by atoms with E-state index in [9.17, 15) is 0 Å². The zero-order valence-corrected chi connectivity index (χ0v) is 11.7. The second-order valence-corrected chi connectivity index (χ2v) is 5.20. The molecule has 0 spiro atoms. The van der Waals surface area contributed by atoms with Crippen LogP contribution in [0.4, 0.5) is 0 Å². The first-order valence-electron chi connectivity index (χ1n) is 6.86. The third-order valence-corrected chi connectivity index (χ3v) is 3.82. The van der Waals surface area contributed by atoms with E-state index in [1.165, 1.54) is 0 Å². The van der Waals surface area contributed by atoms with Gasteiger partial charge in [0.15, 0.2) is 0 Å². The molecular weight excluding hydrogens is 246 g/mol. The van der Waals surface area contributed by atoms with Gasteiger partial charge < -0.3 is 19.7 Å². The molecule has 1 aliphatic rings. The van der Waals surface area contributed by atoms with Gasteiger partial charge in [0, 0.05) is 39.6 Å². The average Bonchev–Trinajstić information content (AvgIpc) is 2.95. The van der Waals surface area contributed by atoms with Crippen molar-refractivity contribution in [2.24, 2.45) is 11.7 Å². The highest BCUT2D eigenvalue weighted by Crippen LogP contribution is 2.33. The van der Waals surface area contributed by atoms with Crippen LogP contribution in [0.1, 0.15) is 37.9 Å². The molecule has 1 saturated heterocycles. The topological polar surface area (TPSA) is 83.4 Å². The molecular formula is C13H23N3O3. The zero-order chi connectivity index (χ0) is 13.7. The van der Waals surface area contributed by atoms with E-state index in [1.807, 2.05) is 0 Å². The van der Waals surface area contributed by atoms with E-state index in [4.69, 9.17) is 19.7 Å². The Morgan fingerprint density at radius 3 is 2.79 bits per heavy atom. The van der Waals surface area contributed by atoms with Gasteiger partial charge in [0.25, 0.3) is 0 Å². The van der Waals surface area contributed by atoms with Crippen LogP contribution in [0.25, 0.3) is 0 Å². The van der Waals surface area contributed by atoms with Crippen LogP contribution in [0, 0.1) is 5.92 Å². The minimum absolute atomic E-state index is 0.445. The third kappa shape index (κ3) is 3.32. The van der Waals surface area contributed by atoms with Crippen molar-refractivity contribution in [1.29, 1.82) is 0 Å². The van der Waals surface area contributed by atoms with Crippen LogP contribution in [-0.2, 0) is 21.5 Å². The Kier molecular flexibility index (Phi) is 4.90. The second kappa shape index (κ2) is 6.45. The SMILES string of the molecule is COC1(c2noc(CCC(C)CN)n2)CCOCC1. The van der Waals surface area contributed by atoms with Crippen LogP contribution in [-0.4, -0.2) is 37.0 Å². The number of rotatable bonds is 6. The van der Waals surface area contributed by atoms with Crippen LogP contribution < -0.4 is 5.73 Å². The maximum atomic E-state index is 5.64. The number of ether oxygens (including phenoxy) is 2. The molecule has 2 N–H and O–H groups in total. The van der Waals surface area contributed by atoms with Gasteiger partial charge in [-0.2, -0.15) is 4.98 Å². The lowest BCUT2D eigenvalue weighted by atomic mass is 9.93. The number of hydrogen-bond donors (Lipinski definition) is 1. The van der Waals surface area contributed by atoms with Crippen molar-refractivity contribution in [2.75, 3.05) is 26.9 Å². The number of methoxy groups -OCH3 is 1. The first-order valence-corrected chi connectivity index (χ1v) is 6.86. The highest BCUT2D eigenvalue weighted by molar-refractivity contribution is 5.03. The van der Waals surface area contributed by atoms with E-state index in [2.05, 4.69) is 17.1 Å². The summed E-state index contributed by atoms with van der Waals surface area (Å²) in [7, 11) is 1.69. The Labute approximate surface area is 113 Å². The van der Waals surface area contributed by atoms with Crippen molar-refractivity contribution in [3.8, 4) is 0 Å². The molecule has 0 aromatic carbocycles. The molecule has 1 aromatic heterocycles. The van der Waals surface area contributed by atoms with Gasteiger partial charge >= 0.3 is 0 Å². The lowest BCUT2D eigenvalue weighted by Crippen LogP contribution is -2.36.